The Bertz CT molecular complexity index is 701. The van der Waals surface area contributed by atoms with Crippen LogP contribution in [0.2, 0.25) is 5.02 Å². The number of nitrogens with two attached hydrogens (primary N) is 1. The molecule has 1 saturated carbocycles. The molecule has 2 rings (SSSR count). The molecule has 0 spiro atoms. The lowest BCUT2D eigenvalue weighted by atomic mass is 10.2. The van der Waals surface area contributed by atoms with Gasteiger partial charge in [0.25, 0.3) is 0 Å². The van der Waals surface area contributed by atoms with Gasteiger partial charge in [-0.2, -0.15) is 0 Å². The van der Waals surface area contributed by atoms with Crippen LogP contribution in [0.4, 0.5) is 5.69 Å². The highest BCUT2D eigenvalue weighted by atomic mass is 35.5. The van der Waals surface area contributed by atoms with Gasteiger partial charge < -0.3 is 0 Å². The topological polar surface area (TPSA) is 106 Å². The van der Waals surface area contributed by atoms with E-state index < -0.39 is 20.0 Å². The third-order valence-corrected chi connectivity index (χ3v) is 5.83. The maximum absolute atomic E-state index is 11.8. The summed E-state index contributed by atoms with van der Waals surface area (Å²) in [6.07, 6.45) is 1.25. The maximum atomic E-state index is 11.8. The van der Waals surface area contributed by atoms with E-state index in [4.69, 9.17) is 16.7 Å². The predicted molar refractivity (Wildman–Crippen MR) is 73.1 cm³/mol. The third-order valence-electron chi connectivity index (χ3n) is 2.80. The van der Waals surface area contributed by atoms with E-state index in [9.17, 15) is 16.8 Å². The summed E-state index contributed by atoms with van der Waals surface area (Å²) in [5, 5.41) is 4.62. The summed E-state index contributed by atoms with van der Waals surface area (Å²) in [6.45, 7) is 1.56. The molecule has 1 aliphatic rings. The molecule has 0 aromatic heterocycles. The van der Waals surface area contributed by atoms with Gasteiger partial charge in [-0.25, -0.2) is 22.0 Å². The minimum Gasteiger partial charge on any atom is -0.282 e. The molecule has 0 atom stereocenters. The van der Waals surface area contributed by atoms with Crippen LogP contribution >= 0.6 is 11.6 Å². The SMILES string of the molecule is Cc1cc(S(N)(=O)=O)cc(Cl)c1NS(=O)(=O)C1CC1. The molecule has 0 aliphatic heterocycles. The number of benzene rings is 1. The van der Waals surface area contributed by atoms with Crippen molar-refractivity contribution in [2.75, 3.05) is 4.72 Å². The van der Waals surface area contributed by atoms with E-state index in [0.29, 0.717) is 18.4 Å². The van der Waals surface area contributed by atoms with E-state index in [1.165, 1.54) is 6.07 Å². The van der Waals surface area contributed by atoms with E-state index >= 15 is 0 Å². The lowest BCUT2D eigenvalue weighted by molar-refractivity contribution is 0.597. The second kappa shape index (κ2) is 4.62. The van der Waals surface area contributed by atoms with Crippen molar-refractivity contribution in [1.82, 2.24) is 0 Å². The summed E-state index contributed by atoms with van der Waals surface area (Å²) < 4.78 is 48.5. The summed E-state index contributed by atoms with van der Waals surface area (Å²) in [4.78, 5) is -0.149. The van der Waals surface area contributed by atoms with Gasteiger partial charge in [-0.3, -0.25) is 4.72 Å². The minimum absolute atomic E-state index is 0.00764. The quantitative estimate of drug-likeness (QED) is 0.867. The van der Waals surface area contributed by atoms with Gasteiger partial charge in [-0.15, -0.1) is 0 Å². The summed E-state index contributed by atoms with van der Waals surface area (Å²) in [5.74, 6) is 0. The van der Waals surface area contributed by atoms with Crippen LogP contribution in [0.1, 0.15) is 18.4 Å². The normalized spacial score (nSPS) is 16.4. The number of halogens is 1. The molecule has 0 heterocycles. The van der Waals surface area contributed by atoms with E-state index in [1.807, 2.05) is 0 Å². The molecular formula is C10H13ClN2O4S2. The fourth-order valence-electron chi connectivity index (χ4n) is 1.61. The molecule has 0 unspecified atom stereocenters. The van der Waals surface area contributed by atoms with Crippen molar-refractivity contribution in [3.63, 3.8) is 0 Å². The first-order chi connectivity index (χ1) is 8.61. The molecule has 1 aromatic rings. The standard InChI is InChI=1S/C10H13ClN2O4S2/c1-6-4-8(18(12,14)15)5-9(11)10(6)13-19(16,17)7-2-3-7/h4-5,7,13H,2-3H2,1H3,(H2,12,14,15). The predicted octanol–water partition coefficient (Wildman–Crippen LogP) is 1.20. The van der Waals surface area contributed by atoms with Crippen molar-refractivity contribution >= 4 is 37.3 Å². The fourth-order valence-corrected chi connectivity index (χ4v) is 4.15. The van der Waals surface area contributed by atoms with Crippen LogP contribution in [0.25, 0.3) is 0 Å². The van der Waals surface area contributed by atoms with Crippen molar-refractivity contribution in [3.05, 3.63) is 22.7 Å². The Morgan fingerprint density at radius 3 is 2.26 bits per heavy atom. The smallest absolute Gasteiger partial charge is 0.238 e. The van der Waals surface area contributed by atoms with E-state index in [2.05, 4.69) is 4.72 Å². The Kier molecular flexibility index (Phi) is 3.54. The first kappa shape index (κ1) is 14.6. The second-order valence-electron chi connectivity index (χ2n) is 4.49. The Morgan fingerprint density at radius 1 is 1.26 bits per heavy atom. The van der Waals surface area contributed by atoms with Gasteiger partial charge in [-0.05, 0) is 37.5 Å². The number of hydrogen-bond acceptors (Lipinski definition) is 4. The summed E-state index contributed by atoms with van der Waals surface area (Å²) >= 11 is 5.92. The van der Waals surface area contributed by atoms with Gasteiger partial charge in [-0.1, -0.05) is 11.6 Å². The molecule has 106 valence electrons. The first-order valence-electron chi connectivity index (χ1n) is 5.46. The number of aryl methyl sites for hydroxylation is 1. The monoisotopic (exact) mass is 324 g/mol. The van der Waals surface area contributed by atoms with Gasteiger partial charge in [0.2, 0.25) is 20.0 Å². The van der Waals surface area contributed by atoms with Gasteiger partial charge in [0.05, 0.1) is 20.9 Å². The van der Waals surface area contributed by atoms with Crippen LogP contribution in [0.5, 0.6) is 0 Å². The van der Waals surface area contributed by atoms with Crippen molar-refractivity contribution in [2.24, 2.45) is 5.14 Å². The number of anilines is 1. The summed E-state index contributed by atoms with van der Waals surface area (Å²) in [5.41, 5.74) is 0.599. The number of hydrogen-bond donors (Lipinski definition) is 2. The highest BCUT2D eigenvalue weighted by Crippen LogP contribution is 2.34. The molecular weight excluding hydrogens is 312 g/mol. The zero-order valence-corrected chi connectivity index (χ0v) is 12.4. The first-order valence-corrected chi connectivity index (χ1v) is 8.93. The molecule has 6 nitrogen and oxygen atoms in total. The average molecular weight is 325 g/mol. The Hall–Kier alpha value is -0.830. The molecule has 19 heavy (non-hydrogen) atoms. The fraction of sp³-hybridized carbons (Fsp3) is 0.400. The molecule has 9 heteroatoms. The van der Waals surface area contributed by atoms with Crippen LogP contribution < -0.4 is 9.86 Å². The second-order valence-corrected chi connectivity index (χ2v) is 8.42. The highest BCUT2D eigenvalue weighted by molar-refractivity contribution is 7.93. The maximum Gasteiger partial charge on any atom is 0.238 e. The van der Waals surface area contributed by atoms with E-state index in [-0.39, 0.29) is 20.9 Å². The van der Waals surface area contributed by atoms with E-state index in [1.54, 1.807) is 6.92 Å². The molecule has 0 radical (unpaired) electrons. The molecule has 0 saturated heterocycles. The molecule has 0 amide bonds. The van der Waals surface area contributed by atoms with Crippen molar-refractivity contribution in [1.29, 1.82) is 0 Å². The van der Waals surface area contributed by atoms with Gasteiger partial charge in [0.1, 0.15) is 0 Å². The molecule has 0 bridgehead atoms. The minimum atomic E-state index is -3.87. The Labute approximate surface area is 117 Å². The van der Waals surface area contributed by atoms with Gasteiger partial charge in [0, 0.05) is 0 Å². The third kappa shape index (κ3) is 3.19. The number of primary sulfonamides is 1. The number of sulfonamides is 2. The molecule has 1 aliphatic carbocycles. The highest BCUT2D eigenvalue weighted by Gasteiger charge is 2.36. The molecule has 1 aromatic carbocycles. The average Bonchev–Trinajstić information content (AvgIpc) is 3.05. The summed E-state index contributed by atoms with van der Waals surface area (Å²) in [6, 6.07) is 2.42. The lowest BCUT2D eigenvalue weighted by Gasteiger charge is -2.13. The summed E-state index contributed by atoms with van der Waals surface area (Å²) in [7, 11) is -7.32. The zero-order valence-electron chi connectivity index (χ0n) is 10.1. The van der Waals surface area contributed by atoms with Crippen molar-refractivity contribution < 1.29 is 16.8 Å². The van der Waals surface area contributed by atoms with Crippen LogP contribution in [-0.4, -0.2) is 22.1 Å². The molecule has 3 N–H and O–H groups in total. The van der Waals surface area contributed by atoms with Crippen LogP contribution in [0.3, 0.4) is 0 Å². The van der Waals surface area contributed by atoms with Gasteiger partial charge in [0.15, 0.2) is 0 Å². The number of nitrogens with one attached hydrogen (secondary N) is 1. The van der Waals surface area contributed by atoms with Crippen molar-refractivity contribution in [2.45, 2.75) is 29.9 Å². The van der Waals surface area contributed by atoms with Crippen LogP contribution in [0, 0.1) is 6.92 Å². The zero-order chi connectivity index (χ0) is 14.4. The van der Waals surface area contributed by atoms with E-state index in [0.717, 1.165) is 6.07 Å². The lowest BCUT2D eigenvalue weighted by Crippen LogP contribution is -2.19. The Balaban J connectivity index is 2.43. The van der Waals surface area contributed by atoms with Crippen LogP contribution in [0.15, 0.2) is 17.0 Å². The van der Waals surface area contributed by atoms with Crippen molar-refractivity contribution in [3.8, 4) is 0 Å². The van der Waals surface area contributed by atoms with Crippen LogP contribution in [-0.2, 0) is 20.0 Å². The molecule has 1 fully saturated rings. The largest absolute Gasteiger partial charge is 0.282 e. The number of rotatable bonds is 4. The van der Waals surface area contributed by atoms with Gasteiger partial charge >= 0.3 is 0 Å². The Morgan fingerprint density at radius 2 is 1.84 bits per heavy atom.